The van der Waals surface area contributed by atoms with Crippen molar-refractivity contribution in [3.8, 4) is 11.5 Å². The minimum atomic E-state index is -0.125. The molecule has 1 heterocycles. The van der Waals surface area contributed by atoms with Crippen molar-refractivity contribution in [3.63, 3.8) is 0 Å². The van der Waals surface area contributed by atoms with Gasteiger partial charge in [-0.2, -0.15) is 0 Å². The summed E-state index contributed by atoms with van der Waals surface area (Å²) in [6, 6.07) is 22.5. The van der Waals surface area contributed by atoms with Gasteiger partial charge in [0.25, 0.3) is 5.91 Å². The zero-order valence-electron chi connectivity index (χ0n) is 16.6. The van der Waals surface area contributed by atoms with Gasteiger partial charge in [-0.05, 0) is 59.7 Å². The van der Waals surface area contributed by atoms with Crippen LogP contribution >= 0.6 is 11.6 Å². The first-order chi connectivity index (χ1) is 14.6. The van der Waals surface area contributed by atoms with E-state index in [1.165, 1.54) is 0 Å². The van der Waals surface area contributed by atoms with Crippen molar-refractivity contribution >= 4 is 35.0 Å². The van der Waals surface area contributed by atoms with Gasteiger partial charge in [-0.25, -0.2) is 0 Å². The predicted octanol–water partition coefficient (Wildman–Crippen LogP) is 5.83. The monoisotopic (exact) mass is 417 g/mol. The summed E-state index contributed by atoms with van der Waals surface area (Å²) in [6.45, 7) is 0. The smallest absolute Gasteiger partial charge is 0.263 e. The molecule has 1 amide bonds. The number of para-hydroxylation sites is 2. The van der Waals surface area contributed by atoms with Gasteiger partial charge in [0, 0.05) is 10.6 Å². The number of hydrogen-bond donors (Lipinski definition) is 0. The molecule has 0 unspecified atom stereocenters. The number of benzene rings is 3. The lowest BCUT2D eigenvalue weighted by molar-refractivity contribution is -0.113. The average Bonchev–Trinajstić information content (AvgIpc) is 3.10. The van der Waals surface area contributed by atoms with Crippen molar-refractivity contribution in [2.75, 3.05) is 19.1 Å². The molecule has 0 radical (unpaired) electrons. The largest absolute Gasteiger partial charge is 0.497 e. The number of hydrogen-bond acceptors (Lipinski definition) is 3. The standard InChI is InChI=1S/C25H20ClNO3/c1-29-21-13-7-17(8-14-21)15-19-16-23(18-9-11-20(26)12-10-18)27(25(19)28)22-5-3-4-6-24(22)30-2/h3-16H,1-2H3/b19-15-. The summed E-state index contributed by atoms with van der Waals surface area (Å²) in [5.41, 5.74) is 3.82. The average molecular weight is 418 g/mol. The van der Waals surface area contributed by atoms with Gasteiger partial charge in [0.1, 0.15) is 11.5 Å². The minimum Gasteiger partial charge on any atom is -0.497 e. The van der Waals surface area contributed by atoms with E-state index < -0.39 is 0 Å². The third kappa shape index (κ3) is 3.82. The number of carbonyl (C=O) groups is 1. The second-order valence-corrected chi connectivity index (χ2v) is 7.16. The first kappa shape index (κ1) is 19.8. The molecule has 0 N–H and O–H groups in total. The van der Waals surface area contributed by atoms with Crippen LogP contribution in [0.15, 0.2) is 84.4 Å². The lowest BCUT2D eigenvalue weighted by Gasteiger charge is -2.23. The Morgan fingerprint density at radius 2 is 1.57 bits per heavy atom. The summed E-state index contributed by atoms with van der Waals surface area (Å²) in [5.74, 6) is 1.26. The number of anilines is 1. The number of ether oxygens (including phenoxy) is 2. The summed E-state index contributed by atoms with van der Waals surface area (Å²) in [5, 5.41) is 0.640. The Morgan fingerprint density at radius 1 is 0.867 bits per heavy atom. The number of nitrogens with zero attached hydrogens (tertiary/aromatic N) is 1. The van der Waals surface area contributed by atoms with E-state index >= 15 is 0 Å². The summed E-state index contributed by atoms with van der Waals surface area (Å²) < 4.78 is 10.7. The summed E-state index contributed by atoms with van der Waals surface area (Å²) >= 11 is 6.07. The van der Waals surface area contributed by atoms with Crippen LogP contribution in [-0.4, -0.2) is 20.1 Å². The van der Waals surface area contributed by atoms with E-state index in [1.807, 2.05) is 84.9 Å². The molecule has 4 rings (SSSR count). The SMILES string of the molecule is COc1ccc(/C=C2/C=C(c3ccc(Cl)cc3)N(c3ccccc3OC)C2=O)cc1. The summed E-state index contributed by atoms with van der Waals surface area (Å²) in [7, 11) is 3.22. The third-order valence-electron chi connectivity index (χ3n) is 4.89. The number of carbonyl (C=O) groups excluding carboxylic acids is 1. The van der Waals surface area contributed by atoms with Crippen molar-refractivity contribution < 1.29 is 14.3 Å². The van der Waals surface area contributed by atoms with Gasteiger partial charge in [-0.15, -0.1) is 0 Å². The van der Waals surface area contributed by atoms with Gasteiger partial charge >= 0.3 is 0 Å². The molecule has 5 heteroatoms. The molecule has 3 aromatic carbocycles. The Labute approximate surface area is 180 Å². The van der Waals surface area contributed by atoms with Crippen LogP contribution in [-0.2, 0) is 4.79 Å². The van der Waals surface area contributed by atoms with Crippen LogP contribution in [0.4, 0.5) is 5.69 Å². The highest BCUT2D eigenvalue weighted by atomic mass is 35.5. The van der Waals surface area contributed by atoms with Crippen LogP contribution in [0.3, 0.4) is 0 Å². The molecule has 3 aromatic rings. The Hall–Kier alpha value is -3.50. The van der Waals surface area contributed by atoms with Crippen LogP contribution in [0, 0.1) is 0 Å². The molecule has 0 aromatic heterocycles. The van der Waals surface area contributed by atoms with Gasteiger partial charge in [0.2, 0.25) is 0 Å². The number of halogens is 1. The molecule has 30 heavy (non-hydrogen) atoms. The topological polar surface area (TPSA) is 38.8 Å². The molecule has 0 aliphatic carbocycles. The fourth-order valence-electron chi connectivity index (χ4n) is 3.38. The highest BCUT2D eigenvalue weighted by Crippen LogP contribution is 2.39. The third-order valence-corrected chi connectivity index (χ3v) is 5.14. The molecule has 0 saturated heterocycles. The molecule has 0 saturated carbocycles. The lowest BCUT2D eigenvalue weighted by atomic mass is 10.1. The fourth-order valence-corrected chi connectivity index (χ4v) is 3.51. The van der Waals surface area contributed by atoms with Crippen LogP contribution in [0.5, 0.6) is 11.5 Å². The quantitative estimate of drug-likeness (QED) is 0.490. The molecule has 1 aliphatic heterocycles. The minimum absolute atomic E-state index is 0.125. The maximum absolute atomic E-state index is 13.5. The van der Waals surface area contributed by atoms with E-state index in [1.54, 1.807) is 19.1 Å². The normalized spacial score (nSPS) is 14.8. The van der Waals surface area contributed by atoms with E-state index in [0.717, 1.165) is 22.6 Å². The molecule has 4 nitrogen and oxygen atoms in total. The Kier molecular flexibility index (Phi) is 5.59. The number of rotatable bonds is 5. The molecular formula is C25H20ClNO3. The molecule has 150 valence electrons. The Balaban J connectivity index is 1.82. The van der Waals surface area contributed by atoms with Crippen molar-refractivity contribution in [1.29, 1.82) is 0 Å². The maximum Gasteiger partial charge on any atom is 0.263 e. The van der Waals surface area contributed by atoms with E-state index in [0.29, 0.717) is 22.0 Å². The van der Waals surface area contributed by atoms with Gasteiger partial charge in [0.05, 0.1) is 25.6 Å². The molecule has 1 aliphatic rings. The fraction of sp³-hybridized carbons (Fsp3) is 0.0800. The first-order valence-electron chi connectivity index (χ1n) is 9.41. The van der Waals surface area contributed by atoms with Gasteiger partial charge in [0.15, 0.2) is 0 Å². The van der Waals surface area contributed by atoms with Crippen LogP contribution in [0.2, 0.25) is 5.02 Å². The summed E-state index contributed by atoms with van der Waals surface area (Å²) in [6.07, 6.45) is 3.76. The van der Waals surface area contributed by atoms with E-state index in [-0.39, 0.29) is 5.91 Å². The van der Waals surface area contributed by atoms with Crippen molar-refractivity contribution in [1.82, 2.24) is 0 Å². The van der Waals surface area contributed by atoms with Gasteiger partial charge in [-0.3, -0.25) is 9.69 Å². The zero-order valence-corrected chi connectivity index (χ0v) is 17.4. The molecule has 0 fully saturated rings. The van der Waals surface area contributed by atoms with Crippen molar-refractivity contribution in [2.24, 2.45) is 0 Å². The van der Waals surface area contributed by atoms with E-state index in [9.17, 15) is 4.79 Å². The molecule has 0 spiro atoms. The lowest BCUT2D eigenvalue weighted by Crippen LogP contribution is -2.25. The zero-order chi connectivity index (χ0) is 21.1. The van der Waals surface area contributed by atoms with E-state index in [2.05, 4.69) is 0 Å². The predicted molar refractivity (Wildman–Crippen MR) is 121 cm³/mol. The Morgan fingerprint density at radius 3 is 2.23 bits per heavy atom. The number of methoxy groups -OCH3 is 2. The van der Waals surface area contributed by atoms with Crippen LogP contribution in [0.1, 0.15) is 11.1 Å². The first-order valence-corrected chi connectivity index (χ1v) is 9.79. The Bertz CT molecular complexity index is 1130. The number of amides is 1. The highest BCUT2D eigenvalue weighted by molar-refractivity contribution is 6.30. The van der Waals surface area contributed by atoms with Gasteiger partial charge < -0.3 is 9.47 Å². The molecular weight excluding hydrogens is 398 g/mol. The molecule has 0 bridgehead atoms. The molecule has 0 atom stereocenters. The van der Waals surface area contributed by atoms with Gasteiger partial charge in [-0.1, -0.05) is 48.0 Å². The maximum atomic E-state index is 13.5. The summed E-state index contributed by atoms with van der Waals surface area (Å²) in [4.78, 5) is 15.1. The van der Waals surface area contributed by atoms with Crippen molar-refractivity contribution in [3.05, 3.63) is 101 Å². The second-order valence-electron chi connectivity index (χ2n) is 6.72. The van der Waals surface area contributed by atoms with Crippen molar-refractivity contribution in [2.45, 2.75) is 0 Å². The van der Waals surface area contributed by atoms with Crippen LogP contribution < -0.4 is 14.4 Å². The van der Waals surface area contributed by atoms with E-state index in [4.69, 9.17) is 21.1 Å². The second kappa shape index (κ2) is 8.47. The van der Waals surface area contributed by atoms with Crippen LogP contribution in [0.25, 0.3) is 11.8 Å². The highest BCUT2D eigenvalue weighted by Gasteiger charge is 2.32.